The summed E-state index contributed by atoms with van der Waals surface area (Å²) in [6.45, 7) is 1.71. The maximum atomic E-state index is 12.9. The third-order valence-electron chi connectivity index (χ3n) is 5.24. The second-order valence-corrected chi connectivity index (χ2v) is 9.92. The first-order chi connectivity index (χ1) is 15.0. The van der Waals surface area contributed by atoms with E-state index >= 15 is 0 Å². The van der Waals surface area contributed by atoms with E-state index in [4.69, 9.17) is 17.3 Å². The van der Waals surface area contributed by atoms with Crippen LogP contribution in [0.4, 0.5) is 11.4 Å². The average molecular weight is 482 g/mol. The van der Waals surface area contributed by atoms with Crippen LogP contribution in [0.1, 0.15) is 30.3 Å². The van der Waals surface area contributed by atoms with E-state index in [2.05, 4.69) is 10.6 Å². The second kappa shape index (κ2) is 9.31. The SMILES string of the molecule is CC(=O)Nc1ccc(NC(=O)C2CCN(S(=O)(=O)c3cc(C(N)=O)n(C)c3)CC2)cc1Cl. The Morgan fingerprint density at radius 2 is 1.78 bits per heavy atom. The number of rotatable bonds is 6. The largest absolute Gasteiger partial charge is 0.364 e. The fraction of sp³-hybridized carbons (Fsp3) is 0.350. The molecule has 0 saturated carbocycles. The van der Waals surface area contributed by atoms with Gasteiger partial charge in [0.2, 0.25) is 21.8 Å². The predicted octanol–water partition coefficient (Wildman–Crippen LogP) is 1.78. The highest BCUT2D eigenvalue weighted by atomic mass is 35.5. The molecule has 3 rings (SSSR count). The number of aryl methyl sites for hydroxylation is 1. The molecule has 0 aliphatic carbocycles. The molecule has 3 amide bonds. The number of sulfonamides is 1. The minimum Gasteiger partial charge on any atom is -0.364 e. The van der Waals surface area contributed by atoms with E-state index in [1.807, 2.05) is 0 Å². The van der Waals surface area contributed by atoms with Crippen LogP contribution >= 0.6 is 11.6 Å². The van der Waals surface area contributed by atoms with Gasteiger partial charge in [-0.2, -0.15) is 4.31 Å². The molecule has 0 spiro atoms. The molecular formula is C20H24ClN5O5S. The molecule has 4 N–H and O–H groups in total. The maximum absolute atomic E-state index is 12.9. The molecule has 1 aliphatic rings. The van der Waals surface area contributed by atoms with Gasteiger partial charge in [-0.05, 0) is 37.1 Å². The Hall–Kier alpha value is -2.89. The molecule has 0 unspecified atom stereocenters. The Kier molecular flexibility index (Phi) is 6.91. The number of hydrogen-bond acceptors (Lipinski definition) is 5. The molecule has 1 saturated heterocycles. The number of carbonyl (C=O) groups excluding carboxylic acids is 3. The Morgan fingerprint density at radius 1 is 1.12 bits per heavy atom. The summed E-state index contributed by atoms with van der Waals surface area (Å²) in [6, 6.07) is 6.01. The molecule has 2 heterocycles. The van der Waals surface area contributed by atoms with Crippen LogP contribution < -0.4 is 16.4 Å². The number of nitrogens with zero attached hydrogens (tertiary/aromatic N) is 2. The van der Waals surface area contributed by atoms with E-state index in [0.29, 0.717) is 24.2 Å². The summed E-state index contributed by atoms with van der Waals surface area (Å²) in [5.74, 6) is -1.57. The Morgan fingerprint density at radius 3 is 2.31 bits per heavy atom. The number of carbonyl (C=O) groups is 3. The number of benzene rings is 1. The molecule has 12 heteroatoms. The van der Waals surface area contributed by atoms with Gasteiger partial charge in [-0.1, -0.05) is 11.6 Å². The molecule has 0 bridgehead atoms. The number of anilines is 2. The number of hydrogen-bond donors (Lipinski definition) is 3. The van der Waals surface area contributed by atoms with Crippen molar-refractivity contribution >= 4 is 50.7 Å². The van der Waals surface area contributed by atoms with E-state index in [-0.39, 0.29) is 46.4 Å². The quantitative estimate of drug-likeness (QED) is 0.576. The standard InChI is InChI=1S/C20H24ClN5O5S/c1-12(27)23-17-4-3-14(9-16(17)21)24-20(29)13-5-7-26(8-6-13)32(30,31)15-10-18(19(22)28)25(2)11-15/h3-4,9-11,13H,5-8H2,1-2H3,(H2,22,28)(H,23,27)(H,24,29). The summed E-state index contributed by atoms with van der Waals surface area (Å²) in [4.78, 5) is 35.2. The van der Waals surface area contributed by atoms with E-state index in [1.165, 1.54) is 34.1 Å². The number of aromatic nitrogens is 1. The normalized spacial score (nSPS) is 15.3. The van der Waals surface area contributed by atoms with Crippen molar-refractivity contribution in [2.45, 2.75) is 24.7 Å². The van der Waals surface area contributed by atoms with Crippen LogP contribution in [0.5, 0.6) is 0 Å². The molecule has 10 nitrogen and oxygen atoms in total. The van der Waals surface area contributed by atoms with Crippen LogP contribution in [0.3, 0.4) is 0 Å². The van der Waals surface area contributed by atoms with Crippen LogP contribution in [0.2, 0.25) is 5.02 Å². The van der Waals surface area contributed by atoms with Gasteiger partial charge in [0.1, 0.15) is 10.6 Å². The van der Waals surface area contributed by atoms with Gasteiger partial charge < -0.3 is 20.9 Å². The van der Waals surface area contributed by atoms with Crippen molar-refractivity contribution in [1.82, 2.24) is 8.87 Å². The molecule has 1 fully saturated rings. The van der Waals surface area contributed by atoms with Crippen LogP contribution in [0.15, 0.2) is 35.4 Å². The topological polar surface area (TPSA) is 144 Å². The summed E-state index contributed by atoms with van der Waals surface area (Å²) in [5.41, 5.74) is 6.28. The molecule has 32 heavy (non-hydrogen) atoms. The number of nitrogens with two attached hydrogens (primary N) is 1. The highest BCUT2D eigenvalue weighted by Crippen LogP contribution is 2.28. The molecular weight excluding hydrogens is 458 g/mol. The first-order valence-corrected chi connectivity index (χ1v) is 11.6. The zero-order valence-electron chi connectivity index (χ0n) is 17.6. The van der Waals surface area contributed by atoms with E-state index < -0.39 is 15.9 Å². The zero-order chi connectivity index (χ0) is 23.6. The molecule has 1 aromatic heterocycles. The lowest BCUT2D eigenvalue weighted by Gasteiger charge is -2.30. The van der Waals surface area contributed by atoms with Crippen molar-refractivity contribution in [1.29, 1.82) is 0 Å². The van der Waals surface area contributed by atoms with E-state index in [1.54, 1.807) is 19.2 Å². The fourth-order valence-corrected chi connectivity index (χ4v) is 5.33. The van der Waals surface area contributed by atoms with Crippen LogP contribution in [-0.4, -0.2) is 48.1 Å². The van der Waals surface area contributed by atoms with Gasteiger partial charge in [-0.3, -0.25) is 14.4 Å². The molecule has 172 valence electrons. The molecule has 1 aliphatic heterocycles. The molecule has 0 radical (unpaired) electrons. The lowest BCUT2D eigenvalue weighted by molar-refractivity contribution is -0.121. The maximum Gasteiger partial charge on any atom is 0.265 e. The van der Waals surface area contributed by atoms with Gasteiger partial charge in [-0.25, -0.2) is 8.42 Å². The van der Waals surface area contributed by atoms with Crippen LogP contribution in [0.25, 0.3) is 0 Å². The van der Waals surface area contributed by atoms with Crippen molar-refractivity contribution in [3.8, 4) is 0 Å². The third kappa shape index (κ3) is 5.12. The molecule has 1 aromatic carbocycles. The Bertz CT molecular complexity index is 1170. The zero-order valence-corrected chi connectivity index (χ0v) is 19.2. The van der Waals surface area contributed by atoms with E-state index in [9.17, 15) is 22.8 Å². The van der Waals surface area contributed by atoms with Crippen LogP contribution in [0, 0.1) is 5.92 Å². The summed E-state index contributed by atoms with van der Waals surface area (Å²) in [6.07, 6.45) is 2.04. The van der Waals surface area contributed by atoms with Gasteiger partial charge in [0, 0.05) is 44.9 Å². The van der Waals surface area contributed by atoms with Crippen molar-refractivity contribution < 1.29 is 22.8 Å². The summed E-state index contributed by atoms with van der Waals surface area (Å²) in [7, 11) is -2.26. The Balaban J connectivity index is 1.62. The minimum absolute atomic E-state index is 0.00870. The van der Waals surface area contributed by atoms with Crippen molar-refractivity contribution in [3.63, 3.8) is 0 Å². The van der Waals surface area contributed by atoms with Gasteiger partial charge >= 0.3 is 0 Å². The Labute approximate surface area is 190 Å². The van der Waals surface area contributed by atoms with Gasteiger partial charge in [0.15, 0.2) is 0 Å². The van der Waals surface area contributed by atoms with Gasteiger partial charge in [0.05, 0.1) is 10.7 Å². The van der Waals surface area contributed by atoms with E-state index in [0.717, 1.165) is 0 Å². The van der Waals surface area contributed by atoms with Gasteiger partial charge in [0.25, 0.3) is 5.91 Å². The number of piperidine rings is 1. The number of halogens is 1. The van der Waals surface area contributed by atoms with Crippen molar-refractivity contribution in [2.75, 3.05) is 23.7 Å². The highest BCUT2D eigenvalue weighted by molar-refractivity contribution is 7.89. The monoisotopic (exact) mass is 481 g/mol. The lowest BCUT2D eigenvalue weighted by atomic mass is 9.97. The summed E-state index contributed by atoms with van der Waals surface area (Å²) in [5, 5.41) is 5.66. The highest BCUT2D eigenvalue weighted by Gasteiger charge is 2.33. The first kappa shape index (κ1) is 23.8. The predicted molar refractivity (Wildman–Crippen MR) is 120 cm³/mol. The second-order valence-electron chi connectivity index (χ2n) is 7.58. The van der Waals surface area contributed by atoms with Gasteiger partial charge in [-0.15, -0.1) is 0 Å². The minimum atomic E-state index is -3.80. The summed E-state index contributed by atoms with van der Waals surface area (Å²) < 4.78 is 28.5. The summed E-state index contributed by atoms with van der Waals surface area (Å²) >= 11 is 6.13. The number of primary amides is 1. The van der Waals surface area contributed by atoms with Crippen molar-refractivity contribution in [3.05, 3.63) is 41.2 Å². The molecule has 2 aromatic rings. The molecule has 0 atom stereocenters. The lowest BCUT2D eigenvalue weighted by Crippen LogP contribution is -2.41. The number of amides is 3. The average Bonchev–Trinajstić information content (AvgIpc) is 3.12. The van der Waals surface area contributed by atoms with Crippen molar-refractivity contribution in [2.24, 2.45) is 18.7 Å². The third-order valence-corrected chi connectivity index (χ3v) is 7.42. The fourth-order valence-electron chi connectivity index (χ4n) is 3.56. The smallest absolute Gasteiger partial charge is 0.265 e. The number of nitrogens with one attached hydrogen (secondary N) is 2. The van der Waals surface area contributed by atoms with Crippen LogP contribution in [-0.2, 0) is 26.7 Å². The first-order valence-electron chi connectivity index (χ1n) is 9.83.